The van der Waals surface area contributed by atoms with Gasteiger partial charge in [0.15, 0.2) is 0 Å². The van der Waals surface area contributed by atoms with E-state index in [1.807, 2.05) is 6.92 Å². The summed E-state index contributed by atoms with van der Waals surface area (Å²) in [5, 5.41) is 7.20. The van der Waals surface area contributed by atoms with Crippen molar-refractivity contribution in [3.05, 3.63) is 11.4 Å². The molecule has 0 atom stereocenters. The molecule has 0 aromatic carbocycles. The summed E-state index contributed by atoms with van der Waals surface area (Å²) >= 11 is 0. The molecule has 0 aliphatic carbocycles. The SMILES string of the molecule is CCn1nc(C)c(N)c1C(=O)NCC(C)(C)CCOC. The van der Waals surface area contributed by atoms with Crippen LogP contribution < -0.4 is 11.1 Å². The van der Waals surface area contributed by atoms with Crippen LogP contribution in [-0.4, -0.2) is 35.9 Å². The number of nitrogens with zero attached hydrogens (tertiary/aromatic N) is 2. The van der Waals surface area contributed by atoms with E-state index in [-0.39, 0.29) is 11.3 Å². The molecule has 6 heteroatoms. The predicted molar refractivity (Wildman–Crippen MR) is 79.7 cm³/mol. The number of hydrogen-bond donors (Lipinski definition) is 2. The fourth-order valence-electron chi connectivity index (χ4n) is 1.93. The Morgan fingerprint density at radius 2 is 2.15 bits per heavy atom. The van der Waals surface area contributed by atoms with Crippen molar-refractivity contribution >= 4 is 11.6 Å². The van der Waals surface area contributed by atoms with Gasteiger partial charge in [-0.15, -0.1) is 0 Å². The highest BCUT2D eigenvalue weighted by molar-refractivity contribution is 5.97. The Hall–Kier alpha value is -1.56. The van der Waals surface area contributed by atoms with E-state index in [0.717, 1.165) is 6.42 Å². The van der Waals surface area contributed by atoms with Crippen LogP contribution in [0.2, 0.25) is 0 Å². The van der Waals surface area contributed by atoms with Crippen molar-refractivity contribution < 1.29 is 9.53 Å². The van der Waals surface area contributed by atoms with Crippen LogP contribution >= 0.6 is 0 Å². The van der Waals surface area contributed by atoms with Crippen LogP contribution in [0.4, 0.5) is 5.69 Å². The van der Waals surface area contributed by atoms with Crippen molar-refractivity contribution in [1.29, 1.82) is 0 Å². The van der Waals surface area contributed by atoms with E-state index in [2.05, 4.69) is 24.3 Å². The Morgan fingerprint density at radius 1 is 1.50 bits per heavy atom. The van der Waals surface area contributed by atoms with E-state index in [0.29, 0.717) is 36.8 Å². The van der Waals surface area contributed by atoms with Gasteiger partial charge in [-0.3, -0.25) is 9.48 Å². The molecule has 1 rings (SSSR count). The minimum atomic E-state index is -0.171. The number of amides is 1. The predicted octanol–water partition coefficient (Wildman–Crippen LogP) is 1.59. The summed E-state index contributed by atoms with van der Waals surface area (Å²) in [4.78, 5) is 12.3. The summed E-state index contributed by atoms with van der Waals surface area (Å²) in [5.41, 5.74) is 7.51. The van der Waals surface area contributed by atoms with E-state index in [1.54, 1.807) is 18.7 Å². The van der Waals surface area contributed by atoms with Crippen molar-refractivity contribution in [3.63, 3.8) is 0 Å². The zero-order chi connectivity index (χ0) is 15.3. The zero-order valence-electron chi connectivity index (χ0n) is 13.1. The van der Waals surface area contributed by atoms with Crippen LogP contribution in [0.5, 0.6) is 0 Å². The largest absolute Gasteiger partial charge is 0.395 e. The van der Waals surface area contributed by atoms with E-state index in [9.17, 15) is 4.79 Å². The highest BCUT2D eigenvalue weighted by Crippen LogP contribution is 2.20. The van der Waals surface area contributed by atoms with E-state index >= 15 is 0 Å². The van der Waals surface area contributed by atoms with Crippen LogP contribution in [0.25, 0.3) is 0 Å². The molecule has 0 saturated carbocycles. The van der Waals surface area contributed by atoms with E-state index in [4.69, 9.17) is 10.5 Å². The fraction of sp³-hybridized carbons (Fsp3) is 0.714. The van der Waals surface area contributed by atoms with Crippen LogP contribution in [-0.2, 0) is 11.3 Å². The number of carbonyl (C=O) groups is 1. The average Bonchev–Trinajstić information content (AvgIpc) is 2.69. The number of nitrogens with one attached hydrogen (secondary N) is 1. The second-order valence-corrected chi connectivity index (χ2v) is 5.75. The summed E-state index contributed by atoms with van der Waals surface area (Å²) in [5.74, 6) is -0.171. The minimum absolute atomic E-state index is 0.0213. The highest BCUT2D eigenvalue weighted by atomic mass is 16.5. The van der Waals surface area contributed by atoms with Crippen LogP contribution in [0.15, 0.2) is 0 Å². The second kappa shape index (κ2) is 6.74. The first-order chi connectivity index (χ1) is 9.32. The Balaban J connectivity index is 2.72. The van der Waals surface area contributed by atoms with Crippen LogP contribution in [0.3, 0.4) is 0 Å². The quantitative estimate of drug-likeness (QED) is 0.795. The van der Waals surface area contributed by atoms with E-state index in [1.165, 1.54) is 0 Å². The van der Waals surface area contributed by atoms with Crippen molar-refractivity contribution in [3.8, 4) is 0 Å². The number of carbonyl (C=O) groups excluding carboxylic acids is 1. The lowest BCUT2D eigenvalue weighted by Gasteiger charge is -2.24. The standard InChI is InChI=1S/C14H26N4O2/c1-6-18-12(11(15)10(2)17-18)13(19)16-9-14(3,4)7-8-20-5/h6-9,15H2,1-5H3,(H,16,19). The molecule has 1 heterocycles. The van der Waals surface area contributed by atoms with Crippen LogP contribution in [0, 0.1) is 12.3 Å². The molecule has 0 radical (unpaired) electrons. The fourth-order valence-corrected chi connectivity index (χ4v) is 1.93. The summed E-state index contributed by atoms with van der Waals surface area (Å²) in [6.07, 6.45) is 0.880. The maximum Gasteiger partial charge on any atom is 0.271 e. The normalized spacial score (nSPS) is 11.7. The maximum absolute atomic E-state index is 12.3. The number of ether oxygens (including phenoxy) is 1. The lowest BCUT2D eigenvalue weighted by molar-refractivity contribution is 0.0911. The molecule has 0 aliphatic rings. The molecule has 1 amide bonds. The lowest BCUT2D eigenvalue weighted by atomic mass is 9.89. The number of anilines is 1. The van der Waals surface area contributed by atoms with Gasteiger partial charge < -0.3 is 15.8 Å². The topological polar surface area (TPSA) is 82.2 Å². The highest BCUT2D eigenvalue weighted by Gasteiger charge is 2.23. The monoisotopic (exact) mass is 282 g/mol. The van der Waals surface area contributed by atoms with Gasteiger partial charge in [0, 0.05) is 26.8 Å². The van der Waals surface area contributed by atoms with Gasteiger partial charge in [-0.1, -0.05) is 13.8 Å². The second-order valence-electron chi connectivity index (χ2n) is 5.75. The van der Waals surface area contributed by atoms with Crippen molar-refractivity contribution in [2.45, 2.75) is 40.7 Å². The molecule has 3 N–H and O–H groups in total. The minimum Gasteiger partial charge on any atom is -0.395 e. The molecule has 0 aliphatic heterocycles. The molecular weight excluding hydrogens is 256 g/mol. The number of nitrogen functional groups attached to an aromatic ring is 1. The van der Waals surface area contributed by atoms with Gasteiger partial charge in [0.1, 0.15) is 5.69 Å². The molecule has 0 spiro atoms. The third-order valence-electron chi connectivity index (χ3n) is 3.40. The van der Waals surface area contributed by atoms with Gasteiger partial charge in [0.05, 0.1) is 11.4 Å². The Bertz CT molecular complexity index is 466. The number of aryl methyl sites for hydroxylation is 2. The smallest absolute Gasteiger partial charge is 0.271 e. The molecule has 114 valence electrons. The molecule has 0 bridgehead atoms. The molecule has 1 aromatic rings. The lowest BCUT2D eigenvalue weighted by Crippen LogP contribution is -2.36. The first-order valence-electron chi connectivity index (χ1n) is 6.92. The Kier molecular flexibility index (Phi) is 5.56. The molecule has 0 saturated heterocycles. The van der Waals surface area contributed by atoms with Crippen molar-refractivity contribution in [2.75, 3.05) is 26.0 Å². The van der Waals surface area contributed by atoms with Gasteiger partial charge in [0.25, 0.3) is 5.91 Å². The summed E-state index contributed by atoms with van der Waals surface area (Å²) < 4.78 is 6.72. The Morgan fingerprint density at radius 3 is 2.70 bits per heavy atom. The molecule has 0 unspecified atom stereocenters. The van der Waals surface area contributed by atoms with Gasteiger partial charge in [0.2, 0.25) is 0 Å². The Labute approximate surface area is 120 Å². The average molecular weight is 282 g/mol. The number of nitrogens with two attached hydrogens (primary N) is 1. The summed E-state index contributed by atoms with van der Waals surface area (Å²) in [6, 6.07) is 0. The number of hydrogen-bond acceptors (Lipinski definition) is 4. The van der Waals surface area contributed by atoms with E-state index < -0.39 is 0 Å². The number of aromatic nitrogens is 2. The first kappa shape index (κ1) is 16.5. The zero-order valence-corrected chi connectivity index (χ0v) is 13.1. The van der Waals surface area contributed by atoms with Gasteiger partial charge >= 0.3 is 0 Å². The molecule has 0 fully saturated rings. The number of methoxy groups -OCH3 is 1. The van der Waals surface area contributed by atoms with Crippen LogP contribution in [0.1, 0.15) is 43.4 Å². The van der Waals surface area contributed by atoms with Crippen molar-refractivity contribution in [2.24, 2.45) is 5.41 Å². The molecule has 20 heavy (non-hydrogen) atoms. The third-order valence-corrected chi connectivity index (χ3v) is 3.40. The van der Waals surface area contributed by atoms with Gasteiger partial charge in [-0.2, -0.15) is 5.10 Å². The van der Waals surface area contributed by atoms with Crippen molar-refractivity contribution in [1.82, 2.24) is 15.1 Å². The summed E-state index contributed by atoms with van der Waals surface area (Å²) in [6.45, 7) is 9.80. The number of rotatable bonds is 7. The van der Waals surface area contributed by atoms with Gasteiger partial charge in [-0.05, 0) is 25.7 Å². The van der Waals surface area contributed by atoms with Gasteiger partial charge in [-0.25, -0.2) is 0 Å². The first-order valence-corrected chi connectivity index (χ1v) is 6.92. The molecule has 6 nitrogen and oxygen atoms in total. The summed E-state index contributed by atoms with van der Waals surface area (Å²) in [7, 11) is 1.68. The molecular formula is C14H26N4O2. The maximum atomic E-state index is 12.3. The molecule has 1 aromatic heterocycles. The third kappa shape index (κ3) is 3.96.